The monoisotopic (exact) mass is 564 g/mol. The average Bonchev–Trinajstić information content (AvgIpc) is 3.28. The van der Waals surface area contributed by atoms with E-state index in [4.69, 9.17) is 28.9 Å². The van der Waals surface area contributed by atoms with E-state index in [9.17, 15) is 18.3 Å². The minimum atomic E-state index is -4.15. The molecule has 0 aliphatic heterocycles. The lowest BCUT2D eigenvalue weighted by molar-refractivity contribution is -0.135. The van der Waals surface area contributed by atoms with E-state index in [0.29, 0.717) is 17.7 Å². The highest BCUT2D eigenvalue weighted by Crippen LogP contribution is 2.32. The van der Waals surface area contributed by atoms with E-state index >= 15 is 0 Å². The zero-order valence-corrected chi connectivity index (χ0v) is 22.3. The number of fused-ring (bicyclic) bond motifs is 1. The SMILES string of the molecule is CN(CCCN)c1ccc(-n2ccc3cc(N(CC(=O)O)S(=O)(=O)C4C=C(Cl)C=C(Cl)C4)ccc32)nn1. The molecule has 2 heterocycles. The summed E-state index contributed by atoms with van der Waals surface area (Å²) < 4.78 is 29.6. The molecule has 4 rings (SSSR count). The Kier molecular flexibility index (Phi) is 8.08. The molecule has 0 bridgehead atoms. The van der Waals surface area contributed by atoms with Gasteiger partial charge in [0.05, 0.1) is 11.2 Å². The zero-order chi connectivity index (χ0) is 26.7. The van der Waals surface area contributed by atoms with Crippen molar-refractivity contribution < 1.29 is 18.3 Å². The molecule has 1 atom stereocenters. The number of benzene rings is 1. The van der Waals surface area contributed by atoms with E-state index in [-0.39, 0.29) is 22.2 Å². The Morgan fingerprint density at radius 1 is 1.22 bits per heavy atom. The van der Waals surface area contributed by atoms with Crippen molar-refractivity contribution in [2.75, 3.05) is 35.9 Å². The van der Waals surface area contributed by atoms with Gasteiger partial charge in [0.25, 0.3) is 0 Å². The molecule has 37 heavy (non-hydrogen) atoms. The first-order valence-corrected chi connectivity index (χ1v) is 13.7. The number of hydrogen-bond donors (Lipinski definition) is 2. The molecule has 3 N–H and O–H groups in total. The maximum atomic E-state index is 13.5. The van der Waals surface area contributed by atoms with Crippen LogP contribution in [-0.2, 0) is 14.8 Å². The third-order valence-corrected chi connectivity index (χ3v) is 8.46. The molecule has 2 aromatic heterocycles. The second-order valence-electron chi connectivity index (χ2n) is 8.57. The molecule has 3 aromatic rings. The predicted octanol–water partition coefficient (Wildman–Crippen LogP) is 3.44. The predicted molar refractivity (Wildman–Crippen MR) is 146 cm³/mol. The van der Waals surface area contributed by atoms with Gasteiger partial charge < -0.3 is 15.7 Å². The number of carboxylic acids is 1. The molecule has 1 unspecified atom stereocenters. The van der Waals surface area contributed by atoms with Gasteiger partial charge in [-0.2, -0.15) is 0 Å². The lowest BCUT2D eigenvalue weighted by atomic mass is 10.2. The lowest BCUT2D eigenvalue weighted by Gasteiger charge is -2.28. The number of anilines is 2. The van der Waals surface area contributed by atoms with Gasteiger partial charge in [-0.15, -0.1) is 10.2 Å². The van der Waals surface area contributed by atoms with Crippen molar-refractivity contribution in [1.29, 1.82) is 0 Å². The van der Waals surface area contributed by atoms with Crippen molar-refractivity contribution in [3.8, 4) is 5.82 Å². The summed E-state index contributed by atoms with van der Waals surface area (Å²) in [6, 6.07) is 10.4. The number of aliphatic carboxylic acids is 1. The number of carboxylic acid groups (broad SMARTS) is 1. The summed E-state index contributed by atoms with van der Waals surface area (Å²) in [5.41, 5.74) is 6.54. The quantitative estimate of drug-likeness (QED) is 0.382. The zero-order valence-electron chi connectivity index (χ0n) is 20.0. The summed E-state index contributed by atoms with van der Waals surface area (Å²) >= 11 is 12.1. The van der Waals surface area contributed by atoms with E-state index in [0.717, 1.165) is 28.6 Å². The molecule has 13 heteroatoms. The van der Waals surface area contributed by atoms with Crippen molar-refractivity contribution >= 4 is 61.6 Å². The van der Waals surface area contributed by atoms with Crippen LogP contribution in [0.5, 0.6) is 0 Å². The van der Waals surface area contributed by atoms with Crippen LogP contribution in [0.15, 0.2) is 64.8 Å². The summed E-state index contributed by atoms with van der Waals surface area (Å²) in [6.07, 6.45) is 5.47. The van der Waals surface area contributed by atoms with Crippen LogP contribution in [0.3, 0.4) is 0 Å². The highest BCUT2D eigenvalue weighted by atomic mass is 35.5. The first kappa shape index (κ1) is 26.9. The Balaban J connectivity index is 1.66. The molecule has 0 spiro atoms. The Labute approximate surface area is 224 Å². The second-order valence-corrected chi connectivity index (χ2v) is 11.6. The van der Waals surface area contributed by atoms with Gasteiger partial charge in [0, 0.05) is 41.7 Å². The largest absolute Gasteiger partial charge is 0.480 e. The van der Waals surface area contributed by atoms with Crippen LogP contribution in [0.4, 0.5) is 11.5 Å². The van der Waals surface area contributed by atoms with Crippen molar-refractivity contribution in [3.05, 3.63) is 64.8 Å². The molecule has 0 radical (unpaired) electrons. The fourth-order valence-electron chi connectivity index (χ4n) is 4.07. The van der Waals surface area contributed by atoms with Crippen LogP contribution in [0, 0.1) is 0 Å². The molecule has 1 aromatic carbocycles. The van der Waals surface area contributed by atoms with Gasteiger partial charge >= 0.3 is 5.97 Å². The highest BCUT2D eigenvalue weighted by Gasteiger charge is 2.34. The number of rotatable bonds is 10. The molecule has 0 amide bonds. The fraction of sp³-hybridized carbons (Fsp3) is 0.292. The summed E-state index contributed by atoms with van der Waals surface area (Å²) in [7, 11) is -2.23. The number of nitrogens with zero attached hydrogens (tertiary/aromatic N) is 5. The van der Waals surface area contributed by atoms with Crippen LogP contribution in [0.1, 0.15) is 12.8 Å². The maximum Gasteiger partial charge on any atom is 0.324 e. The molecule has 0 saturated carbocycles. The van der Waals surface area contributed by atoms with Crippen LogP contribution in [-0.4, -0.2) is 66.2 Å². The van der Waals surface area contributed by atoms with E-state index in [1.807, 2.05) is 28.6 Å². The molecular formula is C24H26Cl2N6O4S. The van der Waals surface area contributed by atoms with Gasteiger partial charge in [-0.1, -0.05) is 23.2 Å². The van der Waals surface area contributed by atoms with Crippen molar-refractivity contribution in [2.45, 2.75) is 18.1 Å². The Morgan fingerprint density at radius 3 is 2.65 bits per heavy atom. The van der Waals surface area contributed by atoms with E-state index in [1.165, 1.54) is 12.2 Å². The first-order chi connectivity index (χ1) is 17.6. The van der Waals surface area contributed by atoms with Gasteiger partial charge in [-0.25, -0.2) is 8.42 Å². The molecule has 0 fully saturated rings. The number of allylic oxidation sites excluding steroid dienone is 3. The molecule has 1 aliphatic carbocycles. The molecular weight excluding hydrogens is 539 g/mol. The highest BCUT2D eigenvalue weighted by molar-refractivity contribution is 7.93. The van der Waals surface area contributed by atoms with Crippen molar-refractivity contribution in [1.82, 2.24) is 14.8 Å². The van der Waals surface area contributed by atoms with Gasteiger partial charge in [-0.3, -0.25) is 13.7 Å². The first-order valence-electron chi connectivity index (χ1n) is 11.4. The maximum absolute atomic E-state index is 13.5. The van der Waals surface area contributed by atoms with Crippen LogP contribution in [0.25, 0.3) is 16.7 Å². The number of halogens is 2. The van der Waals surface area contributed by atoms with E-state index in [2.05, 4.69) is 10.2 Å². The van der Waals surface area contributed by atoms with Gasteiger partial charge in [0.15, 0.2) is 11.6 Å². The van der Waals surface area contributed by atoms with Gasteiger partial charge in [0.1, 0.15) is 11.8 Å². The average molecular weight is 565 g/mol. The van der Waals surface area contributed by atoms with E-state index < -0.39 is 27.8 Å². The number of carbonyl (C=O) groups is 1. The molecule has 196 valence electrons. The van der Waals surface area contributed by atoms with Crippen LogP contribution >= 0.6 is 23.2 Å². The van der Waals surface area contributed by atoms with Crippen LogP contribution in [0.2, 0.25) is 0 Å². The summed E-state index contributed by atoms with van der Waals surface area (Å²) in [4.78, 5) is 13.6. The number of sulfonamides is 1. The van der Waals surface area contributed by atoms with Crippen LogP contribution < -0.4 is 14.9 Å². The third-order valence-electron chi connectivity index (χ3n) is 5.94. The van der Waals surface area contributed by atoms with Gasteiger partial charge in [-0.05, 0) is 61.5 Å². The van der Waals surface area contributed by atoms with Crippen molar-refractivity contribution in [3.63, 3.8) is 0 Å². The standard InChI is InChI=1S/C24H26Cl2N6O4S/c1-30(9-2-8-27)22-5-6-23(29-28-22)31-10-7-16-11-19(3-4-21(16)31)32(15-24(33)34)37(35,36)20-13-17(25)12-18(26)14-20/h3-7,10-13,20H,2,8-9,14-15,27H2,1H3,(H,33,34). The molecule has 10 nitrogen and oxygen atoms in total. The third kappa shape index (κ3) is 5.90. The molecule has 0 saturated heterocycles. The van der Waals surface area contributed by atoms with Crippen molar-refractivity contribution in [2.24, 2.45) is 5.73 Å². The Morgan fingerprint density at radius 2 is 2.00 bits per heavy atom. The van der Waals surface area contributed by atoms with E-state index in [1.54, 1.807) is 30.5 Å². The minimum Gasteiger partial charge on any atom is -0.480 e. The topological polar surface area (TPSA) is 135 Å². The normalized spacial score (nSPS) is 15.8. The lowest BCUT2D eigenvalue weighted by Crippen LogP contribution is -2.41. The summed E-state index contributed by atoms with van der Waals surface area (Å²) in [5, 5.41) is 18.2. The Bertz CT molecular complexity index is 1470. The summed E-state index contributed by atoms with van der Waals surface area (Å²) in [6.45, 7) is 0.609. The second kappa shape index (κ2) is 11.1. The fourth-order valence-corrected chi connectivity index (χ4v) is 6.59. The summed E-state index contributed by atoms with van der Waals surface area (Å²) in [5.74, 6) is 0.00925. The number of nitrogens with two attached hydrogens (primary N) is 1. The smallest absolute Gasteiger partial charge is 0.324 e. The van der Waals surface area contributed by atoms with Gasteiger partial charge in [0.2, 0.25) is 10.0 Å². The minimum absolute atomic E-state index is 0.00489. The number of hydrogen-bond acceptors (Lipinski definition) is 7. The Hall–Kier alpha value is -3.12. The molecule has 1 aliphatic rings. The number of aromatic nitrogens is 3.